The quantitative estimate of drug-likeness (QED) is 0.690. The van der Waals surface area contributed by atoms with Crippen molar-refractivity contribution in [1.82, 2.24) is 0 Å². The zero-order valence-electron chi connectivity index (χ0n) is 11.0. The average molecular weight is 255 g/mol. The minimum absolute atomic E-state index is 0.268. The molecule has 0 unspecified atom stereocenters. The summed E-state index contributed by atoms with van der Waals surface area (Å²) in [4.78, 5) is 0. The molecule has 1 aromatic rings. The smallest absolute Gasteiger partial charge is 0.123 e. The summed E-state index contributed by atoms with van der Waals surface area (Å²) in [6.45, 7) is 4.74. The molecule has 0 bridgehead atoms. The van der Waals surface area contributed by atoms with Crippen LogP contribution in [0.1, 0.15) is 30.9 Å². The Hall–Kier alpha value is -0.970. The van der Waals surface area contributed by atoms with Gasteiger partial charge in [-0.3, -0.25) is 0 Å². The van der Waals surface area contributed by atoms with Gasteiger partial charge in [-0.05, 0) is 29.7 Å². The first-order valence-electron chi connectivity index (χ1n) is 6.40. The largest absolute Gasteiger partial charge is 0.379 e. The van der Waals surface area contributed by atoms with Gasteiger partial charge in [-0.25, -0.2) is 4.39 Å². The van der Waals surface area contributed by atoms with Gasteiger partial charge in [-0.15, -0.1) is 0 Å². The van der Waals surface area contributed by atoms with E-state index in [1.54, 1.807) is 0 Å². The Morgan fingerprint density at radius 1 is 1.06 bits per heavy atom. The molecule has 0 atom stereocenters. The lowest BCUT2D eigenvalue weighted by atomic mass is 10.1. The number of nitrogens with two attached hydrogens (primary N) is 1. The topological polar surface area (TPSA) is 44.5 Å². The Morgan fingerprint density at radius 3 is 2.50 bits per heavy atom. The van der Waals surface area contributed by atoms with Crippen molar-refractivity contribution < 1.29 is 13.9 Å². The van der Waals surface area contributed by atoms with Gasteiger partial charge in [0.1, 0.15) is 5.82 Å². The standard InChI is InChI=1S/C14H22FNO2/c1-2-3-4-17-5-6-18-11-13-7-12(10-16)8-14(15)9-13/h7-9H,2-6,10-11,16H2,1H3. The first-order chi connectivity index (χ1) is 8.76. The Labute approximate surface area is 108 Å². The van der Waals surface area contributed by atoms with Crippen LogP contribution in [-0.2, 0) is 22.6 Å². The van der Waals surface area contributed by atoms with Crippen molar-refractivity contribution in [3.8, 4) is 0 Å². The van der Waals surface area contributed by atoms with Crippen LogP contribution in [0, 0.1) is 5.82 Å². The van der Waals surface area contributed by atoms with Crippen LogP contribution in [0.4, 0.5) is 4.39 Å². The molecule has 1 rings (SSSR count). The fourth-order valence-electron chi connectivity index (χ4n) is 1.57. The van der Waals surface area contributed by atoms with E-state index in [9.17, 15) is 4.39 Å². The molecule has 102 valence electrons. The highest BCUT2D eigenvalue weighted by Crippen LogP contribution is 2.10. The van der Waals surface area contributed by atoms with E-state index in [1.165, 1.54) is 12.1 Å². The summed E-state index contributed by atoms with van der Waals surface area (Å²) in [7, 11) is 0. The van der Waals surface area contributed by atoms with E-state index in [-0.39, 0.29) is 5.82 Å². The minimum atomic E-state index is -0.268. The molecular weight excluding hydrogens is 233 g/mol. The highest BCUT2D eigenvalue weighted by atomic mass is 19.1. The van der Waals surface area contributed by atoms with Crippen LogP contribution in [0.15, 0.2) is 18.2 Å². The molecule has 2 N–H and O–H groups in total. The zero-order valence-corrected chi connectivity index (χ0v) is 11.0. The number of halogens is 1. The molecule has 3 nitrogen and oxygen atoms in total. The highest BCUT2D eigenvalue weighted by molar-refractivity contribution is 5.24. The van der Waals surface area contributed by atoms with Crippen LogP contribution in [0.2, 0.25) is 0 Å². The van der Waals surface area contributed by atoms with E-state index >= 15 is 0 Å². The van der Waals surface area contributed by atoms with Gasteiger partial charge in [0.15, 0.2) is 0 Å². The van der Waals surface area contributed by atoms with E-state index in [1.807, 2.05) is 6.07 Å². The van der Waals surface area contributed by atoms with E-state index < -0.39 is 0 Å². The van der Waals surface area contributed by atoms with Gasteiger partial charge in [0.25, 0.3) is 0 Å². The Kier molecular flexibility index (Phi) is 7.57. The van der Waals surface area contributed by atoms with Crippen LogP contribution in [0.3, 0.4) is 0 Å². The predicted molar refractivity (Wildman–Crippen MR) is 69.7 cm³/mol. The van der Waals surface area contributed by atoms with Crippen molar-refractivity contribution >= 4 is 0 Å². The molecule has 4 heteroatoms. The number of hydrogen-bond acceptors (Lipinski definition) is 3. The normalized spacial score (nSPS) is 10.8. The molecule has 0 radical (unpaired) electrons. The molecule has 0 aliphatic rings. The third-order valence-electron chi connectivity index (χ3n) is 2.54. The minimum Gasteiger partial charge on any atom is -0.379 e. The average Bonchev–Trinajstić information content (AvgIpc) is 2.37. The molecule has 0 saturated heterocycles. The summed E-state index contributed by atoms with van der Waals surface area (Å²) < 4.78 is 24.0. The molecule has 0 saturated carbocycles. The van der Waals surface area contributed by atoms with E-state index in [0.717, 1.165) is 30.6 Å². The van der Waals surface area contributed by atoms with Gasteiger partial charge in [0.2, 0.25) is 0 Å². The highest BCUT2D eigenvalue weighted by Gasteiger charge is 2.00. The number of unbranched alkanes of at least 4 members (excludes halogenated alkanes) is 1. The second-order valence-corrected chi connectivity index (χ2v) is 4.19. The van der Waals surface area contributed by atoms with E-state index in [0.29, 0.717) is 26.4 Å². The lowest BCUT2D eigenvalue weighted by molar-refractivity contribution is 0.0396. The summed E-state index contributed by atoms with van der Waals surface area (Å²) in [6, 6.07) is 4.77. The molecule has 18 heavy (non-hydrogen) atoms. The third-order valence-corrected chi connectivity index (χ3v) is 2.54. The van der Waals surface area contributed by atoms with Gasteiger partial charge in [-0.1, -0.05) is 19.4 Å². The molecule has 0 spiro atoms. The predicted octanol–water partition coefficient (Wildman–Crippen LogP) is 2.62. The van der Waals surface area contributed by atoms with Gasteiger partial charge in [-0.2, -0.15) is 0 Å². The Morgan fingerprint density at radius 2 is 1.78 bits per heavy atom. The van der Waals surface area contributed by atoms with Crippen LogP contribution < -0.4 is 5.73 Å². The molecule has 0 aliphatic carbocycles. The number of benzene rings is 1. The van der Waals surface area contributed by atoms with E-state index in [4.69, 9.17) is 15.2 Å². The molecular formula is C14H22FNO2. The first kappa shape index (κ1) is 15.1. The van der Waals surface area contributed by atoms with Gasteiger partial charge in [0.05, 0.1) is 19.8 Å². The fraction of sp³-hybridized carbons (Fsp3) is 0.571. The van der Waals surface area contributed by atoms with Crippen molar-refractivity contribution in [1.29, 1.82) is 0 Å². The van der Waals surface area contributed by atoms with Gasteiger partial charge in [0, 0.05) is 13.2 Å². The number of ether oxygens (including phenoxy) is 2. The second-order valence-electron chi connectivity index (χ2n) is 4.19. The second kappa shape index (κ2) is 9.03. The summed E-state index contributed by atoms with van der Waals surface area (Å²) >= 11 is 0. The number of rotatable bonds is 9. The molecule has 0 heterocycles. The summed E-state index contributed by atoms with van der Waals surface area (Å²) in [6.07, 6.45) is 2.20. The molecule has 1 aromatic carbocycles. The third kappa shape index (κ3) is 6.10. The molecule has 0 fully saturated rings. The summed E-state index contributed by atoms with van der Waals surface area (Å²) in [5.41, 5.74) is 7.08. The van der Waals surface area contributed by atoms with Gasteiger partial charge >= 0.3 is 0 Å². The monoisotopic (exact) mass is 255 g/mol. The zero-order chi connectivity index (χ0) is 13.2. The van der Waals surface area contributed by atoms with Crippen molar-refractivity contribution in [2.24, 2.45) is 5.73 Å². The lowest BCUT2D eigenvalue weighted by Gasteiger charge is -2.07. The maximum atomic E-state index is 13.2. The number of hydrogen-bond donors (Lipinski definition) is 1. The van der Waals surface area contributed by atoms with Crippen LogP contribution in [0.25, 0.3) is 0 Å². The molecule has 0 amide bonds. The van der Waals surface area contributed by atoms with Crippen molar-refractivity contribution in [2.75, 3.05) is 19.8 Å². The molecule has 0 aromatic heterocycles. The van der Waals surface area contributed by atoms with Crippen LogP contribution in [0.5, 0.6) is 0 Å². The van der Waals surface area contributed by atoms with Gasteiger partial charge < -0.3 is 15.2 Å². The Bertz CT molecular complexity index is 345. The lowest BCUT2D eigenvalue weighted by Crippen LogP contribution is -2.06. The SMILES string of the molecule is CCCCOCCOCc1cc(F)cc(CN)c1. The Balaban J connectivity index is 2.20. The molecule has 0 aliphatic heterocycles. The van der Waals surface area contributed by atoms with Crippen LogP contribution >= 0.6 is 0 Å². The van der Waals surface area contributed by atoms with Crippen LogP contribution in [-0.4, -0.2) is 19.8 Å². The van der Waals surface area contributed by atoms with Crippen molar-refractivity contribution in [3.63, 3.8) is 0 Å². The van der Waals surface area contributed by atoms with Crippen molar-refractivity contribution in [2.45, 2.75) is 32.9 Å². The first-order valence-corrected chi connectivity index (χ1v) is 6.40. The van der Waals surface area contributed by atoms with E-state index in [2.05, 4.69) is 6.92 Å². The summed E-state index contributed by atoms with van der Waals surface area (Å²) in [5, 5.41) is 0. The maximum Gasteiger partial charge on any atom is 0.123 e. The fourth-order valence-corrected chi connectivity index (χ4v) is 1.57. The summed E-state index contributed by atoms with van der Waals surface area (Å²) in [5.74, 6) is -0.268. The van der Waals surface area contributed by atoms with Crippen molar-refractivity contribution in [3.05, 3.63) is 35.1 Å². The maximum absolute atomic E-state index is 13.2.